The van der Waals surface area contributed by atoms with E-state index in [1.54, 1.807) is 25.1 Å². The molecule has 5 atom stereocenters. The van der Waals surface area contributed by atoms with E-state index in [1.807, 2.05) is 70.2 Å². The van der Waals surface area contributed by atoms with Gasteiger partial charge in [-0.1, -0.05) is 136 Å². The summed E-state index contributed by atoms with van der Waals surface area (Å²) in [4.78, 5) is 52.4. The van der Waals surface area contributed by atoms with Crippen LogP contribution in [0.5, 0.6) is 5.75 Å². The van der Waals surface area contributed by atoms with Crippen molar-refractivity contribution in [3.8, 4) is 5.75 Å². The topological polar surface area (TPSA) is 143 Å². The van der Waals surface area contributed by atoms with Crippen molar-refractivity contribution < 1.29 is 38.1 Å². The Balaban J connectivity index is 2.31. The number of benzene rings is 2. The Morgan fingerprint density at radius 3 is 2.19 bits per heavy atom. The van der Waals surface area contributed by atoms with E-state index in [1.165, 1.54) is 19.3 Å². The molecule has 10 nitrogen and oxygen atoms in total. The predicted molar refractivity (Wildman–Crippen MR) is 205 cm³/mol. The Bertz CT molecular complexity index is 1540. The zero-order valence-electron chi connectivity index (χ0n) is 30.2. The fourth-order valence-electron chi connectivity index (χ4n) is 4.68. The molecule has 1 amide bonds. The van der Waals surface area contributed by atoms with Gasteiger partial charge >= 0.3 is 17.9 Å². The van der Waals surface area contributed by atoms with Crippen molar-refractivity contribution in [2.24, 2.45) is 23.0 Å². The van der Waals surface area contributed by atoms with Gasteiger partial charge < -0.3 is 30.0 Å². The molecule has 14 heteroatoms. The molecule has 286 valence electrons. The van der Waals surface area contributed by atoms with Crippen LogP contribution in [-0.4, -0.2) is 66.1 Å². The number of carbonyl (C=O) groups is 4. The van der Waals surface area contributed by atoms with Gasteiger partial charge in [0.1, 0.15) is 24.5 Å². The van der Waals surface area contributed by atoms with Gasteiger partial charge in [-0.05, 0) is 34.8 Å². The van der Waals surface area contributed by atoms with Crippen LogP contribution in [0.25, 0.3) is 6.08 Å². The molecule has 0 aromatic heterocycles. The molecule has 2 rings (SSSR count). The summed E-state index contributed by atoms with van der Waals surface area (Å²) < 4.78 is 20.1. The first-order chi connectivity index (χ1) is 24.3. The first-order valence-corrected chi connectivity index (χ1v) is 18.2. The van der Waals surface area contributed by atoms with Crippen LogP contribution in [0.15, 0.2) is 66.8 Å². The maximum absolute atomic E-state index is 13.6. The Kier molecular flexibility index (Phi) is 18.5. The standard InChI is InChI=1S/C38H48Cl4N2O8/c1-24(15-16-26-11-8-7-9-12-26)30(51-36(48)32(21-37(3,4)5)52-34(46)25(2)22-43)13-10-14-33(45)44-29(35(47)50-23-38(40,41)42)20-27-17-18-31(49-6)28(39)19-27/h7-12,14-19,24-25,29-30,32H,13,20-23,43H2,1-6H3,(H,44,45)/t24-,25-,29-,30?,32?/m1/s1. The lowest BCUT2D eigenvalue weighted by atomic mass is 9.89. The highest BCUT2D eigenvalue weighted by atomic mass is 35.6. The maximum atomic E-state index is 13.6. The lowest BCUT2D eigenvalue weighted by Crippen LogP contribution is -2.43. The lowest BCUT2D eigenvalue weighted by Gasteiger charge is -2.28. The van der Waals surface area contributed by atoms with Crippen LogP contribution in [-0.2, 0) is 39.8 Å². The number of rotatable bonds is 18. The third-order valence-electron chi connectivity index (χ3n) is 7.59. The third kappa shape index (κ3) is 17.0. The highest BCUT2D eigenvalue weighted by molar-refractivity contribution is 6.67. The van der Waals surface area contributed by atoms with Gasteiger partial charge in [0.05, 0.1) is 18.1 Å². The van der Waals surface area contributed by atoms with Crippen LogP contribution < -0.4 is 15.8 Å². The molecule has 0 aliphatic rings. The van der Waals surface area contributed by atoms with Crippen molar-refractivity contribution in [2.45, 2.75) is 75.9 Å². The molecule has 2 aromatic carbocycles. The first-order valence-electron chi connectivity index (χ1n) is 16.7. The van der Waals surface area contributed by atoms with E-state index in [2.05, 4.69) is 5.32 Å². The number of ether oxygens (including phenoxy) is 4. The fraction of sp³-hybridized carbons (Fsp3) is 0.474. The summed E-state index contributed by atoms with van der Waals surface area (Å²) in [6.45, 7) is 8.76. The molecule has 52 heavy (non-hydrogen) atoms. The van der Waals surface area contributed by atoms with E-state index in [9.17, 15) is 19.2 Å². The Morgan fingerprint density at radius 1 is 0.942 bits per heavy atom. The predicted octanol–water partition coefficient (Wildman–Crippen LogP) is 7.44. The number of amides is 1. The smallest absolute Gasteiger partial charge is 0.347 e. The van der Waals surface area contributed by atoms with Gasteiger partial charge in [-0.15, -0.1) is 0 Å². The zero-order valence-corrected chi connectivity index (χ0v) is 33.2. The molecule has 2 unspecified atom stereocenters. The number of nitrogens with one attached hydrogen (secondary N) is 1. The summed E-state index contributed by atoms with van der Waals surface area (Å²) in [5, 5.41) is 2.94. The molecule has 0 bridgehead atoms. The Morgan fingerprint density at radius 2 is 1.62 bits per heavy atom. The number of alkyl halides is 3. The molecule has 0 spiro atoms. The van der Waals surface area contributed by atoms with Crippen LogP contribution in [0.2, 0.25) is 5.02 Å². The number of nitrogens with two attached hydrogens (primary N) is 1. The zero-order chi connectivity index (χ0) is 39.1. The Hall–Kier alpha value is -3.28. The largest absolute Gasteiger partial charge is 0.495 e. The third-order valence-corrected chi connectivity index (χ3v) is 8.22. The normalized spacial score (nSPS) is 15.0. The molecule has 0 radical (unpaired) electrons. The summed E-state index contributed by atoms with van der Waals surface area (Å²) in [5.74, 6) is -3.30. The van der Waals surface area contributed by atoms with Gasteiger partial charge in [0.15, 0.2) is 6.10 Å². The van der Waals surface area contributed by atoms with Gasteiger partial charge in [0.2, 0.25) is 9.70 Å². The average Bonchev–Trinajstić information content (AvgIpc) is 3.07. The molecule has 0 aliphatic heterocycles. The first kappa shape index (κ1) is 44.9. The van der Waals surface area contributed by atoms with Crippen LogP contribution in [0.1, 0.15) is 58.6 Å². The molecule has 0 saturated heterocycles. The monoisotopic (exact) mass is 800 g/mol. The van der Waals surface area contributed by atoms with E-state index >= 15 is 0 Å². The van der Waals surface area contributed by atoms with Crippen molar-refractivity contribution in [1.82, 2.24) is 5.32 Å². The molecule has 0 heterocycles. The summed E-state index contributed by atoms with van der Waals surface area (Å²) >= 11 is 23.6. The molecule has 0 fully saturated rings. The molecular weight excluding hydrogens is 754 g/mol. The number of hydrogen-bond donors (Lipinski definition) is 2. The van der Waals surface area contributed by atoms with Gasteiger partial charge in [-0.2, -0.15) is 0 Å². The quantitative estimate of drug-likeness (QED) is 0.0681. The minimum absolute atomic E-state index is 0.000195. The van der Waals surface area contributed by atoms with Crippen molar-refractivity contribution in [3.63, 3.8) is 0 Å². The highest BCUT2D eigenvalue weighted by Gasteiger charge is 2.33. The summed E-state index contributed by atoms with van der Waals surface area (Å²) in [6, 6.07) is 13.3. The molecule has 0 aliphatic carbocycles. The van der Waals surface area contributed by atoms with E-state index in [0.717, 1.165) is 5.56 Å². The summed E-state index contributed by atoms with van der Waals surface area (Å²) in [6.07, 6.45) is 4.91. The fourth-order valence-corrected chi connectivity index (χ4v) is 5.12. The number of hydrogen-bond acceptors (Lipinski definition) is 9. The van der Waals surface area contributed by atoms with Crippen LogP contribution in [0.4, 0.5) is 0 Å². The van der Waals surface area contributed by atoms with Gasteiger partial charge in [-0.3, -0.25) is 9.59 Å². The number of halogens is 4. The number of esters is 3. The van der Waals surface area contributed by atoms with E-state index in [4.69, 9.17) is 71.1 Å². The van der Waals surface area contributed by atoms with Crippen LogP contribution >= 0.6 is 46.4 Å². The molecule has 3 N–H and O–H groups in total. The lowest BCUT2D eigenvalue weighted by molar-refractivity contribution is -0.176. The van der Waals surface area contributed by atoms with E-state index < -0.39 is 58.4 Å². The van der Waals surface area contributed by atoms with Crippen LogP contribution in [0, 0.1) is 17.3 Å². The molecular formula is C38H48Cl4N2O8. The summed E-state index contributed by atoms with van der Waals surface area (Å²) in [5.41, 5.74) is 6.81. The second-order valence-corrected chi connectivity index (χ2v) is 16.4. The maximum Gasteiger partial charge on any atom is 0.347 e. The minimum atomic E-state index is -1.86. The highest BCUT2D eigenvalue weighted by Crippen LogP contribution is 2.28. The number of methoxy groups -OCH3 is 1. The van der Waals surface area contributed by atoms with Crippen molar-refractivity contribution >= 4 is 76.3 Å². The summed E-state index contributed by atoms with van der Waals surface area (Å²) in [7, 11) is 1.47. The van der Waals surface area contributed by atoms with Crippen molar-refractivity contribution in [3.05, 3.63) is 82.9 Å². The molecule has 2 aromatic rings. The van der Waals surface area contributed by atoms with Gasteiger partial charge in [0, 0.05) is 31.7 Å². The molecule has 0 saturated carbocycles. The van der Waals surface area contributed by atoms with Crippen molar-refractivity contribution in [2.75, 3.05) is 20.3 Å². The van der Waals surface area contributed by atoms with Gasteiger partial charge in [-0.25, -0.2) is 9.59 Å². The van der Waals surface area contributed by atoms with Crippen molar-refractivity contribution in [1.29, 1.82) is 0 Å². The van der Waals surface area contributed by atoms with Gasteiger partial charge in [0.25, 0.3) is 0 Å². The minimum Gasteiger partial charge on any atom is -0.495 e. The van der Waals surface area contributed by atoms with E-state index in [-0.39, 0.29) is 37.1 Å². The van der Waals surface area contributed by atoms with Crippen LogP contribution in [0.3, 0.4) is 0 Å². The second kappa shape index (κ2) is 21.4. The number of carbonyl (C=O) groups excluding carboxylic acids is 4. The SMILES string of the molecule is COc1ccc(C[C@@H](NC(=O)C=CCC(OC(=O)C(CC(C)(C)C)OC(=O)[C@H](C)CN)[C@H](C)C=Cc2ccccc2)C(=O)OCC(Cl)(Cl)Cl)cc1Cl. The van der Waals surface area contributed by atoms with E-state index in [0.29, 0.717) is 16.3 Å². The Labute approximate surface area is 326 Å². The average molecular weight is 803 g/mol. The second-order valence-electron chi connectivity index (χ2n) is 13.5.